The van der Waals surface area contributed by atoms with E-state index in [2.05, 4.69) is 0 Å². The van der Waals surface area contributed by atoms with Gasteiger partial charge in [-0.05, 0) is 40.8 Å². The van der Waals surface area contributed by atoms with Crippen molar-refractivity contribution in [2.24, 2.45) is 0 Å². The Kier molecular flexibility index (Phi) is 3.88. The van der Waals surface area contributed by atoms with Crippen molar-refractivity contribution in [3.05, 3.63) is 68.3 Å². The van der Waals surface area contributed by atoms with Crippen molar-refractivity contribution in [3.8, 4) is 0 Å². The SMILES string of the molecule is O=C(c1ccc(F)cc1I)c1c(F)cc(F)cc1F. The Bertz CT molecular complexity index is 647. The lowest BCUT2D eigenvalue weighted by atomic mass is 10.0. The average molecular weight is 380 g/mol. The van der Waals surface area contributed by atoms with Gasteiger partial charge in [-0.2, -0.15) is 0 Å². The molecule has 2 aromatic rings. The van der Waals surface area contributed by atoms with E-state index in [1.807, 2.05) is 0 Å². The van der Waals surface area contributed by atoms with Gasteiger partial charge in [0, 0.05) is 21.3 Å². The van der Waals surface area contributed by atoms with Gasteiger partial charge >= 0.3 is 0 Å². The Morgan fingerprint density at radius 1 is 0.895 bits per heavy atom. The molecule has 0 fully saturated rings. The number of rotatable bonds is 2. The smallest absolute Gasteiger partial charge is 0.200 e. The Balaban J connectivity index is 2.56. The van der Waals surface area contributed by atoms with Gasteiger partial charge < -0.3 is 0 Å². The number of hydrogen-bond donors (Lipinski definition) is 0. The molecular weight excluding hydrogens is 375 g/mol. The van der Waals surface area contributed by atoms with Crippen LogP contribution >= 0.6 is 22.6 Å². The molecule has 0 spiro atoms. The van der Waals surface area contributed by atoms with Crippen molar-refractivity contribution < 1.29 is 22.4 Å². The maximum Gasteiger partial charge on any atom is 0.200 e. The van der Waals surface area contributed by atoms with Gasteiger partial charge in [0.05, 0.1) is 5.56 Å². The Morgan fingerprint density at radius 2 is 1.47 bits per heavy atom. The van der Waals surface area contributed by atoms with Crippen LogP contribution in [0.5, 0.6) is 0 Å². The van der Waals surface area contributed by atoms with Gasteiger partial charge in [-0.3, -0.25) is 4.79 Å². The fraction of sp³-hybridized carbons (Fsp3) is 0. The fourth-order valence-corrected chi connectivity index (χ4v) is 2.29. The van der Waals surface area contributed by atoms with Crippen molar-refractivity contribution >= 4 is 28.4 Å². The molecule has 0 aromatic heterocycles. The largest absolute Gasteiger partial charge is 0.288 e. The standard InChI is InChI=1S/C13H5F4IO/c14-6-1-2-8(11(18)5-6)13(19)12-9(16)3-7(15)4-10(12)17/h1-5H. The molecule has 0 saturated carbocycles. The molecule has 0 saturated heterocycles. The molecule has 0 atom stereocenters. The third kappa shape index (κ3) is 2.78. The summed E-state index contributed by atoms with van der Waals surface area (Å²) in [5, 5.41) is 0. The van der Waals surface area contributed by atoms with Gasteiger partial charge in [-0.25, -0.2) is 17.6 Å². The van der Waals surface area contributed by atoms with E-state index < -0.39 is 34.6 Å². The zero-order valence-electron chi connectivity index (χ0n) is 9.18. The number of ketones is 1. The minimum absolute atomic E-state index is 0.0496. The van der Waals surface area contributed by atoms with Crippen LogP contribution in [-0.2, 0) is 0 Å². The Labute approximate surface area is 119 Å². The maximum atomic E-state index is 13.5. The first-order valence-electron chi connectivity index (χ1n) is 5.04. The molecule has 0 radical (unpaired) electrons. The highest BCUT2D eigenvalue weighted by atomic mass is 127. The molecule has 0 aliphatic heterocycles. The molecule has 98 valence electrons. The van der Waals surface area contributed by atoms with E-state index in [0.29, 0.717) is 12.1 Å². The molecule has 0 unspecified atom stereocenters. The summed E-state index contributed by atoms with van der Waals surface area (Å²) in [4.78, 5) is 12.0. The molecule has 19 heavy (non-hydrogen) atoms. The number of halogens is 5. The molecule has 0 heterocycles. The number of carbonyl (C=O) groups is 1. The van der Waals surface area contributed by atoms with Crippen molar-refractivity contribution in [1.29, 1.82) is 0 Å². The first-order chi connectivity index (χ1) is 8.90. The molecule has 2 rings (SSSR count). The lowest BCUT2D eigenvalue weighted by Gasteiger charge is -2.06. The van der Waals surface area contributed by atoms with Crippen LogP contribution in [0.25, 0.3) is 0 Å². The number of carbonyl (C=O) groups excluding carboxylic acids is 1. The Hall–Kier alpha value is -1.44. The van der Waals surface area contributed by atoms with E-state index in [-0.39, 0.29) is 9.13 Å². The summed E-state index contributed by atoms with van der Waals surface area (Å²) < 4.78 is 52.9. The van der Waals surface area contributed by atoms with Crippen molar-refractivity contribution in [2.45, 2.75) is 0 Å². The average Bonchev–Trinajstić information content (AvgIpc) is 2.26. The highest BCUT2D eigenvalue weighted by Crippen LogP contribution is 2.22. The van der Waals surface area contributed by atoms with Crippen molar-refractivity contribution in [1.82, 2.24) is 0 Å². The van der Waals surface area contributed by atoms with Crippen LogP contribution in [-0.4, -0.2) is 5.78 Å². The van der Waals surface area contributed by atoms with E-state index in [4.69, 9.17) is 0 Å². The number of hydrogen-bond acceptors (Lipinski definition) is 1. The van der Waals surface area contributed by atoms with E-state index in [1.54, 1.807) is 22.6 Å². The first kappa shape index (κ1) is 14.0. The normalized spacial score (nSPS) is 10.6. The van der Waals surface area contributed by atoms with Gasteiger partial charge in [0.25, 0.3) is 0 Å². The molecule has 1 nitrogen and oxygen atoms in total. The zero-order valence-corrected chi connectivity index (χ0v) is 11.3. The highest BCUT2D eigenvalue weighted by molar-refractivity contribution is 14.1. The van der Waals surface area contributed by atoms with Crippen LogP contribution in [0.1, 0.15) is 15.9 Å². The predicted octanol–water partition coefficient (Wildman–Crippen LogP) is 4.08. The Morgan fingerprint density at radius 3 is 2.00 bits per heavy atom. The van der Waals surface area contributed by atoms with Crippen LogP contribution in [0.15, 0.2) is 30.3 Å². The molecule has 0 N–H and O–H groups in total. The minimum atomic E-state index is -1.29. The van der Waals surface area contributed by atoms with E-state index in [0.717, 1.165) is 18.2 Å². The summed E-state index contributed by atoms with van der Waals surface area (Å²) in [5.74, 6) is -5.22. The molecule has 0 amide bonds. The first-order valence-corrected chi connectivity index (χ1v) is 6.12. The van der Waals surface area contributed by atoms with Crippen LogP contribution in [0.3, 0.4) is 0 Å². The lowest BCUT2D eigenvalue weighted by Crippen LogP contribution is -2.10. The molecule has 2 aromatic carbocycles. The van der Waals surface area contributed by atoms with Crippen molar-refractivity contribution in [2.75, 3.05) is 0 Å². The van der Waals surface area contributed by atoms with Crippen LogP contribution in [0, 0.1) is 26.8 Å². The minimum Gasteiger partial charge on any atom is -0.288 e. The summed E-state index contributed by atoms with van der Waals surface area (Å²) in [6.45, 7) is 0. The second-order valence-corrected chi connectivity index (χ2v) is 4.86. The monoisotopic (exact) mass is 380 g/mol. The summed E-state index contributed by atoms with van der Waals surface area (Å²) >= 11 is 1.68. The van der Waals surface area contributed by atoms with E-state index in [1.165, 1.54) is 0 Å². The summed E-state index contributed by atoms with van der Waals surface area (Å²) in [7, 11) is 0. The third-order valence-corrected chi connectivity index (χ3v) is 3.30. The van der Waals surface area contributed by atoms with E-state index >= 15 is 0 Å². The molecule has 0 bridgehead atoms. The highest BCUT2D eigenvalue weighted by Gasteiger charge is 2.22. The van der Waals surface area contributed by atoms with Gasteiger partial charge in [0.2, 0.25) is 0 Å². The summed E-state index contributed by atoms with van der Waals surface area (Å²) in [6, 6.07) is 4.04. The summed E-state index contributed by atoms with van der Waals surface area (Å²) in [5.41, 5.74) is -0.905. The molecular formula is C13H5F4IO. The van der Waals surface area contributed by atoms with E-state index in [9.17, 15) is 22.4 Å². The molecule has 0 aliphatic carbocycles. The second kappa shape index (κ2) is 5.28. The van der Waals surface area contributed by atoms with Crippen LogP contribution in [0.4, 0.5) is 17.6 Å². The maximum absolute atomic E-state index is 13.5. The van der Waals surface area contributed by atoms with Gasteiger partial charge in [-0.1, -0.05) is 0 Å². The molecule has 0 aliphatic rings. The van der Waals surface area contributed by atoms with Gasteiger partial charge in [-0.15, -0.1) is 0 Å². The van der Waals surface area contributed by atoms with Crippen molar-refractivity contribution in [3.63, 3.8) is 0 Å². The summed E-state index contributed by atoms with van der Waals surface area (Å²) in [6.07, 6.45) is 0. The fourth-order valence-electron chi connectivity index (χ4n) is 1.57. The zero-order chi connectivity index (χ0) is 14.2. The van der Waals surface area contributed by atoms with Gasteiger partial charge in [0.1, 0.15) is 23.3 Å². The predicted molar refractivity (Wildman–Crippen MR) is 68.9 cm³/mol. The van der Waals surface area contributed by atoms with Crippen LogP contribution in [0.2, 0.25) is 0 Å². The van der Waals surface area contributed by atoms with Crippen LogP contribution < -0.4 is 0 Å². The van der Waals surface area contributed by atoms with Gasteiger partial charge in [0.15, 0.2) is 5.78 Å². The third-order valence-electron chi connectivity index (χ3n) is 2.41. The lowest BCUT2D eigenvalue weighted by molar-refractivity contribution is 0.103. The topological polar surface area (TPSA) is 17.1 Å². The quantitative estimate of drug-likeness (QED) is 0.436. The second-order valence-electron chi connectivity index (χ2n) is 3.70. The molecule has 6 heteroatoms. The number of benzene rings is 2.